The van der Waals surface area contributed by atoms with Gasteiger partial charge in [0.05, 0.1) is 5.41 Å². The fourth-order valence-corrected chi connectivity index (χ4v) is 2.49. The number of nitrogens with one attached hydrogen (secondary N) is 1. The summed E-state index contributed by atoms with van der Waals surface area (Å²) in [4.78, 5) is 12.0. The van der Waals surface area contributed by atoms with E-state index in [-0.39, 0.29) is 16.7 Å². The van der Waals surface area contributed by atoms with Crippen molar-refractivity contribution in [2.75, 3.05) is 6.54 Å². The minimum absolute atomic E-state index is 0.117. The monoisotopic (exact) mass is 197 g/mol. The molecular weight excluding hydrogens is 174 g/mol. The third kappa shape index (κ3) is 1.45. The van der Waals surface area contributed by atoms with Crippen molar-refractivity contribution < 1.29 is 4.79 Å². The van der Waals surface area contributed by atoms with Gasteiger partial charge in [0.25, 0.3) is 0 Å². The number of rotatable bonds is 2. The Bertz CT molecular complexity index is 234. The first-order valence-electron chi connectivity index (χ1n) is 5.64. The van der Waals surface area contributed by atoms with Crippen LogP contribution in [-0.4, -0.2) is 12.5 Å². The summed E-state index contributed by atoms with van der Waals surface area (Å²) in [5.74, 6) is 0.865. The Hall–Kier alpha value is -0.530. The van der Waals surface area contributed by atoms with Crippen molar-refractivity contribution in [2.24, 2.45) is 16.7 Å². The molecule has 0 aromatic rings. The Morgan fingerprint density at radius 3 is 2.36 bits per heavy atom. The van der Waals surface area contributed by atoms with Crippen LogP contribution < -0.4 is 5.32 Å². The van der Waals surface area contributed by atoms with Gasteiger partial charge in [-0.3, -0.25) is 4.79 Å². The second-order valence-corrected chi connectivity index (χ2v) is 5.35. The lowest BCUT2D eigenvalue weighted by Gasteiger charge is -2.39. The van der Waals surface area contributed by atoms with Gasteiger partial charge in [-0.2, -0.15) is 0 Å². The summed E-state index contributed by atoms with van der Waals surface area (Å²) < 4.78 is 0. The van der Waals surface area contributed by atoms with Gasteiger partial charge in [0, 0.05) is 6.54 Å². The van der Waals surface area contributed by atoms with Crippen LogP contribution in [0.25, 0.3) is 0 Å². The summed E-state index contributed by atoms with van der Waals surface area (Å²) in [6.45, 7) is 11.5. The van der Waals surface area contributed by atoms with E-state index in [2.05, 4.69) is 33.0 Å². The molecule has 0 saturated heterocycles. The summed E-state index contributed by atoms with van der Waals surface area (Å²) in [6.07, 6.45) is 2.19. The number of hydrogen-bond donors (Lipinski definition) is 1. The molecule has 1 aliphatic rings. The number of amides is 1. The molecular formula is C12H23NO. The topological polar surface area (TPSA) is 29.1 Å². The first-order valence-corrected chi connectivity index (χ1v) is 5.64. The standard InChI is InChI=1S/C12H23NO/c1-6-13-10(14)12(5)8-7-9(2)11(12,3)4/h9H,6-8H2,1-5H3,(H,13,14)/t9-,12-/m1/s1. The minimum Gasteiger partial charge on any atom is -0.356 e. The number of hydrogen-bond acceptors (Lipinski definition) is 1. The molecule has 0 bridgehead atoms. The molecule has 0 radical (unpaired) electrons. The summed E-state index contributed by atoms with van der Waals surface area (Å²) in [6, 6.07) is 0. The molecule has 1 amide bonds. The van der Waals surface area contributed by atoms with E-state index in [9.17, 15) is 4.79 Å². The highest BCUT2D eigenvalue weighted by atomic mass is 16.2. The smallest absolute Gasteiger partial charge is 0.226 e. The number of carbonyl (C=O) groups excluding carboxylic acids is 1. The normalized spacial score (nSPS) is 35.6. The Labute approximate surface area is 87.5 Å². The van der Waals surface area contributed by atoms with Gasteiger partial charge in [-0.1, -0.05) is 27.7 Å². The second-order valence-electron chi connectivity index (χ2n) is 5.35. The minimum atomic E-state index is -0.178. The fraction of sp³-hybridized carbons (Fsp3) is 0.917. The van der Waals surface area contributed by atoms with Crippen molar-refractivity contribution in [2.45, 2.75) is 47.5 Å². The maximum absolute atomic E-state index is 12.0. The fourth-order valence-electron chi connectivity index (χ4n) is 2.49. The largest absolute Gasteiger partial charge is 0.356 e. The lowest BCUT2D eigenvalue weighted by Crippen LogP contribution is -2.46. The zero-order valence-corrected chi connectivity index (χ0v) is 10.1. The van der Waals surface area contributed by atoms with E-state index in [0.717, 1.165) is 13.0 Å². The molecule has 0 heterocycles. The summed E-state index contributed by atoms with van der Waals surface area (Å²) in [7, 11) is 0. The molecule has 0 aromatic carbocycles. The zero-order valence-electron chi connectivity index (χ0n) is 10.1. The predicted molar refractivity (Wildman–Crippen MR) is 59.0 cm³/mol. The van der Waals surface area contributed by atoms with E-state index in [1.54, 1.807) is 0 Å². The predicted octanol–water partition coefficient (Wildman–Crippen LogP) is 2.58. The van der Waals surface area contributed by atoms with Crippen LogP contribution in [0.2, 0.25) is 0 Å². The van der Waals surface area contributed by atoms with E-state index in [1.165, 1.54) is 6.42 Å². The molecule has 0 unspecified atom stereocenters. The molecule has 2 heteroatoms. The lowest BCUT2D eigenvalue weighted by atomic mass is 9.65. The van der Waals surface area contributed by atoms with Gasteiger partial charge in [0.15, 0.2) is 0 Å². The van der Waals surface area contributed by atoms with Gasteiger partial charge in [0.1, 0.15) is 0 Å². The molecule has 1 saturated carbocycles. The zero-order chi connectivity index (χ0) is 11.0. The molecule has 14 heavy (non-hydrogen) atoms. The highest BCUT2D eigenvalue weighted by Gasteiger charge is 2.53. The Balaban J connectivity index is 2.89. The molecule has 2 atom stereocenters. The van der Waals surface area contributed by atoms with E-state index in [4.69, 9.17) is 0 Å². The van der Waals surface area contributed by atoms with E-state index in [0.29, 0.717) is 5.92 Å². The van der Waals surface area contributed by atoms with Gasteiger partial charge in [-0.25, -0.2) is 0 Å². The maximum Gasteiger partial charge on any atom is 0.226 e. The Kier molecular flexibility index (Phi) is 2.93. The second kappa shape index (κ2) is 3.56. The van der Waals surface area contributed by atoms with Crippen molar-refractivity contribution in [1.29, 1.82) is 0 Å². The molecule has 1 N–H and O–H groups in total. The number of carbonyl (C=O) groups is 1. The van der Waals surface area contributed by atoms with Crippen molar-refractivity contribution in [3.05, 3.63) is 0 Å². The van der Waals surface area contributed by atoms with Crippen molar-refractivity contribution >= 4 is 5.91 Å². The summed E-state index contributed by atoms with van der Waals surface area (Å²) >= 11 is 0. The third-order valence-electron chi connectivity index (χ3n) is 4.57. The van der Waals surface area contributed by atoms with E-state index in [1.807, 2.05) is 6.92 Å². The lowest BCUT2D eigenvalue weighted by molar-refractivity contribution is -0.135. The quantitative estimate of drug-likeness (QED) is 0.724. The average Bonchev–Trinajstić information content (AvgIpc) is 2.31. The van der Waals surface area contributed by atoms with Gasteiger partial charge in [-0.15, -0.1) is 0 Å². The highest BCUT2D eigenvalue weighted by molar-refractivity contribution is 5.83. The Morgan fingerprint density at radius 1 is 1.43 bits per heavy atom. The summed E-state index contributed by atoms with van der Waals surface area (Å²) in [5.41, 5.74) is -0.0608. The van der Waals surface area contributed by atoms with Crippen LogP contribution in [0.1, 0.15) is 47.5 Å². The highest BCUT2D eigenvalue weighted by Crippen LogP contribution is 2.55. The van der Waals surface area contributed by atoms with Crippen LogP contribution in [-0.2, 0) is 4.79 Å². The molecule has 82 valence electrons. The molecule has 2 nitrogen and oxygen atoms in total. The van der Waals surface area contributed by atoms with Gasteiger partial charge < -0.3 is 5.32 Å². The van der Waals surface area contributed by atoms with Gasteiger partial charge >= 0.3 is 0 Å². The molecule has 0 aliphatic heterocycles. The van der Waals surface area contributed by atoms with Crippen LogP contribution in [0.15, 0.2) is 0 Å². The Morgan fingerprint density at radius 2 is 2.00 bits per heavy atom. The van der Waals surface area contributed by atoms with E-state index >= 15 is 0 Å². The van der Waals surface area contributed by atoms with Crippen molar-refractivity contribution in [3.63, 3.8) is 0 Å². The van der Waals surface area contributed by atoms with Crippen LogP contribution >= 0.6 is 0 Å². The first-order chi connectivity index (χ1) is 6.36. The maximum atomic E-state index is 12.0. The van der Waals surface area contributed by atoms with Gasteiger partial charge in [-0.05, 0) is 31.1 Å². The molecule has 0 spiro atoms. The first kappa shape index (κ1) is 11.5. The van der Waals surface area contributed by atoms with Gasteiger partial charge in [0.2, 0.25) is 5.91 Å². The van der Waals surface area contributed by atoms with Crippen LogP contribution in [0.4, 0.5) is 0 Å². The van der Waals surface area contributed by atoms with Crippen LogP contribution in [0.5, 0.6) is 0 Å². The van der Waals surface area contributed by atoms with Crippen LogP contribution in [0, 0.1) is 16.7 Å². The molecule has 0 aromatic heterocycles. The molecule has 1 fully saturated rings. The molecule has 1 aliphatic carbocycles. The van der Waals surface area contributed by atoms with Crippen molar-refractivity contribution in [3.8, 4) is 0 Å². The summed E-state index contributed by atoms with van der Waals surface area (Å²) in [5, 5.41) is 2.97. The SMILES string of the molecule is CCNC(=O)[C@@]1(C)CC[C@@H](C)C1(C)C. The molecule has 1 rings (SSSR count). The van der Waals surface area contributed by atoms with E-state index < -0.39 is 0 Å². The van der Waals surface area contributed by atoms with Crippen molar-refractivity contribution in [1.82, 2.24) is 5.32 Å². The van der Waals surface area contributed by atoms with Crippen LogP contribution in [0.3, 0.4) is 0 Å². The average molecular weight is 197 g/mol. The third-order valence-corrected chi connectivity index (χ3v) is 4.57.